The summed E-state index contributed by atoms with van der Waals surface area (Å²) < 4.78 is 186. The highest BCUT2D eigenvalue weighted by Crippen LogP contribution is 2.37. The smallest absolute Gasteiger partial charge is 0.261 e. The topological polar surface area (TPSA) is 77.3 Å². The molecule has 0 aliphatic carbocycles. The number of pyridine rings is 6. The molecule has 0 fully saturated rings. The van der Waals surface area contributed by atoms with Gasteiger partial charge in [-0.25, -0.2) is 4.98 Å². The van der Waals surface area contributed by atoms with Crippen molar-refractivity contribution in [1.82, 2.24) is 29.9 Å². The maximum absolute atomic E-state index is 12.5. The second kappa shape index (κ2) is 30.6. The number of hydrogen-bond donors (Lipinski definition) is 0. The molecule has 450 valence electrons. The summed E-state index contributed by atoms with van der Waals surface area (Å²) in [6.45, 7) is 31.2. The van der Waals surface area contributed by atoms with Crippen LogP contribution < -0.4 is 0 Å². The molecule has 0 unspecified atom stereocenters. The zero-order valence-corrected chi connectivity index (χ0v) is 49.5. The Morgan fingerprint density at radius 2 is 0.802 bits per heavy atom. The molecular formula is C58H69Cl2F15N6. The first-order valence-corrected chi connectivity index (χ1v) is 26.0. The summed E-state index contributed by atoms with van der Waals surface area (Å²) in [5.41, 5.74) is 3.48. The van der Waals surface area contributed by atoms with Crippen LogP contribution in [0.15, 0.2) is 73.3 Å². The fourth-order valence-corrected chi connectivity index (χ4v) is 7.11. The third-order valence-corrected chi connectivity index (χ3v) is 12.0. The summed E-state index contributed by atoms with van der Waals surface area (Å²) in [4.78, 5) is 23.4. The van der Waals surface area contributed by atoms with Gasteiger partial charge in [-0.2, -0.15) is 65.9 Å². The highest BCUT2D eigenvalue weighted by Gasteiger charge is 2.36. The summed E-state index contributed by atoms with van der Waals surface area (Å²) in [5, 5.41) is -0.294. The van der Waals surface area contributed by atoms with Crippen LogP contribution in [0.2, 0.25) is 10.0 Å². The van der Waals surface area contributed by atoms with Crippen LogP contribution in [0.1, 0.15) is 209 Å². The molecule has 0 N–H and O–H groups in total. The Bertz CT molecular complexity index is 2790. The lowest BCUT2D eigenvalue weighted by atomic mass is 10.0. The van der Waals surface area contributed by atoms with E-state index >= 15 is 0 Å². The van der Waals surface area contributed by atoms with Gasteiger partial charge in [-0.1, -0.05) is 106 Å². The largest absolute Gasteiger partial charge is 0.433 e. The van der Waals surface area contributed by atoms with E-state index < -0.39 is 58.8 Å². The number of nitrogens with zero attached hydrogens (tertiary/aromatic N) is 6. The molecule has 6 heterocycles. The fourth-order valence-electron chi connectivity index (χ4n) is 6.69. The first-order valence-electron chi connectivity index (χ1n) is 25.2. The van der Waals surface area contributed by atoms with Crippen molar-refractivity contribution >= 4 is 23.2 Å². The van der Waals surface area contributed by atoms with Gasteiger partial charge in [-0.05, 0) is 141 Å². The van der Waals surface area contributed by atoms with Gasteiger partial charge in [0.25, 0.3) is 0 Å². The first kappa shape index (κ1) is 73.4. The minimum atomic E-state index is -4.44. The molecule has 0 aromatic carbocycles. The molecule has 6 aromatic rings. The summed E-state index contributed by atoms with van der Waals surface area (Å²) >= 11 is 11.0. The van der Waals surface area contributed by atoms with Crippen LogP contribution in [0.4, 0.5) is 65.9 Å². The fraction of sp³-hybridized carbons (Fsp3) is 0.483. The van der Waals surface area contributed by atoms with Gasteiger partial charge in [-0.3, -0.25) is 24.9 Å². The molecule has 0 saturated carbocycles. The van der Waals surface area contributed by atoms with E-state index in [-0.39, 0.29) is 50.8 Å². The van der Waals surface area contributed by atoms with E-state index in [2.05, 4.69) is 63.7 Å². The second-order valence-electron chi connectivity index (χ2n) is 20.5. The van der Waals surface area contributed by atoms with Crippen LogP contribution in [-0.4, -0.2) is 29.9 Å². The Balaban J connectivity index is 0.000000487. The van der Waals surface area contributed by atoms with Gasteiger partial charge in [0, 0.05) is 69.7 Å². The van der Waals surface area contributed by atoms with E-state index in [1.165, 1.54) is 49.0 Å². The summed E-state index contributed by atoms with van der Waals surface area (Å²) in [7, 11) is 0. The Morgan fingerprint density at radius 1 is 0.370 bits per heavy atom. The Hall–Kier alpha value is -5.57. The second-order valence-corrected chi connectivity index (χ2v) is 21.4. The van der Waals surface area contributed by atoms with E-state index in [9.17, 15) is 65.9 Å². The Labute approximate surface area is 474 Å². The maximum atomic E-state index is 12.5. The van der Waals surface area contributed by atoms with Gasteiger partial charge in [-0.15, -0.1) is 0 Å². The molecule has 6 rings (SSSR count). The van der Waals surface area contributed by atoms with Crippen molar-refractivity contribution in [3.63, 3.8) is 0 Å². The standard InChI is InChI=1S/3C10H12F3N.C10H15N.2C9H9ClF3N/c1-6(2)9-4-8(10(11,12)13)7(3)5-14-9;1-6(2)9-4-7(3)8(5-14-9)10(11,12)13;1-6(2)9-5-8(10(11,12)13)4-7(3)14-9;1-7(2)10-9(4)8(3)5-6-11-10;1-5(2)8-3-6(9(11,12)13)7(10)4-14-8;1-5(2)7-3-6(10)4-8(14-7)9(11,12)13/h3*4-6H,1-3H3;5-7H,1-4H3;2*3-5H,1-2H3. The quantitative estimate of drug-likeness (QED) is 0.155. The molecule has 0 aliphatic rings. The van der Waals surface area contributed by atoms with E-state index in [1.807, 2.05) is 47.7 Å². The molecular weight excluding hydrogens is 1140 g/mol. The van der Waals surface area contributed by atoms with Crippen molar-refractivity contribution in [2.45, 2.75) is 184 Å². The van der Waals surface area contributed by atoms with Crippen molar-refractivity contribution in [1.29, 1.82) is 0 Å². The normalized spacial score (nSPS) is 12.0. The molecule has 0 bridgehead atoms. The number of halogens is 17. The van der Waals surface area contributed by atoms with Crippen LogP contribution >= 0.6 is 23.2 Å². The third-order valence-electron chi connectivity index (χ3n) is 11.5. The molecule has 0 amide bonds. The average molecular weight is 1210 g/mol. The van der Waals surface area contributed by atoms with E-state index in [0.29, 0.717) is 40.1 Å². The molecule has 23 heteroatoms. The average Bonchev–Trinajstić information content (AvgIpc) is 3.31. The summed E-state index contributed by atoms with van der Waals surface area (Å²) in [6, 6.07) is 10.1. The van der Waals surface area contributed by atoms with Gasteiger partial charge in [0.2, 0.25) is 0 Å². The number of rotatable bonds is 6. The van der Waals surface area contributed by atoms with Gasteiger partial charge >= 0.3 is 30.9 Å². The molecule has 0 spiro atoms. The van der Waals surface area contributed by atoms with Crippen LogP contribution in [0.5, 0.6) is 0 Å². The van der Waals surface area contributed by atoms with E-state index in [1.54, 1.807) is 34.6 Å². The van der Waals surface area contributed by atoms with Gasteiger partial charge < -0.3 is 0 Å². The van der Waals surface area contributed by atoms with Crippen LogP contribution in [0, 0.1) is 34.6 Å². The summed E-state index contributed by atoms with van der Waals surface area (Å²) in [5.74, 6) is 0.585. The highest BCUT2D eigenvalue weighted by atomic mass is 35.5. The lowest BCUT2D eigenvalue weighted by Crippen LogP contribution is -2.10. The minimum Gasteiger partial charge on any atom is -0.261 e. The van der Waals surface area contributed by atoms with E-state index in [0.717, 1.165) is 42.7 Å². The van der Waals surface area contributed by atoms with Crippen molar-refractivity contribution < 1.29 is 65.9 Å². The van der Waals surface area contributed by atoms with Gasteiger partial charge in [0.15, 0.2) is 0 Å². The van der Waals surface area contributed by atoms with Crippen molar-refractivity contribution in [3.05, 3.63) is 173 Å². The lowest BCUT2D eigenvalue weighted by molar-refractivity contribution is -0.141. The van der Waals surface area contributed by atoms with Crippen LogP contribution in [-0.2, 0) is 30.9 Å². The predicted molar refractivity (Wildman–Crippen MR) is 289 cm³/mol. The predicted octanol–water partition coefficient (Wildman–Crippen LogP) is 21.2. The van der Waals surface area contributed by atoms with Crippen molar-refractivity contribution in [3.8, 4) is 0 Å². The van der Waals surface area contributed by atoms with Gasteiger partial charge in [0.1, 0.15) is 5.69 Å². The van der Waals surface area contributed by atoms with Crippen molar-refractivity contribution in [2.75, 3.05) is 0 Å². The third kappa shape index (κ3) is 24.8. The number of hydrogen-bond acceptors (Lipinski definition) is 6. The Morgan fingerprint density at radius 3 is 1.21 bits per heavy atom. The zero-order chi connectivity index (χ0) is 63.1. The number of alkyl halides is 15. The zero-order valence-electron chi connectivity index (χ0n) is 48.0. The van der Waals surface area contributed by atoms with Gasteiger partial charge in [0.05, 0.1) is 27.3 Å². The monoisotopic (exact) mass is 1200 g/mol. The molecule has 6 nitrogen and oxygen atoms in total. The molecule has 6 aromatic heterocycles. The SMILES string of the molecule is CC(C)c1cc(C(F)(F)F)c(Cl)cn1.CC(C)c1cc(Cl)cc(C(F)(F)F)n1.Cc1cc(C(C)C)ncc1C(F)(F)F.Cc1cc(C(F)(F)F)cc(C(C)C)n1.Cc1ccnc(C(C)C)c1C.Cc1cnc(C(C)C)cc1C(F)(F)F. The number of aryl methyl sites for hydroxylation is 4. The summed E-state index contributed by atoms with van der Waals surface area (Å²) in [6.07, 6.45) is -16.6. The van der Waals surface area contributed by atoms with Crippen LogP contribution in [0.3, 0.4) is 0 Å². The highest BCUT2D eigenvalue weighted by molar-refractivity contribution is 6.31. The lowest BCUT2D eigenvalue weighted by Gasteiger charge is -2.12. The molecule has 0 aliphatic heterocycles. The molecule has 0 radical (unpaired) electrons. The Kier molecular flexibility index (Phi) is 27.8. The molecule has 81 heavy (non-hydrogen) atoms. The maximum Gasteiger partial charge on any atom is 0.433 e. The first-order chi connectivity index (χ1) is 36.7. The molecule has 0 atom stereocenters. The van der Waals surface area contributed by atoms with Crippen molar-refractivity contribution in [2.24, 2.45) is 0 Å². The minimum absolute atomic E-state index is 0.0102. The van der Waals surface area contributed by atoms with Crippen LogP contribution in [0.25, 0.3) is 0 Å². The molecule has 0 saturated heterocycles. The number of aromatic nitrogens is 6. The van der Waals surface area contributed by atoms with E-state index in [4.69, 9.17) is 23.2 Å².